The molecule has 0 saturated heterocycles. The molecule has 0 spiro atoms. The quantitative estimate of drug-likeness (QED) is 0.821. The molecule has 0 aliphatic heterocycles. The van der Waals surface area contributed by atoms with Gasteiger partial charge in [0.2, 0.25) is 0 Å². The van der Waals surface area contributed by atoms with Gasteiger partial charge in [0.1, 0.15) is 18.2 Å². The van der Waals surface area contributed by atoms with E-state index in [1.54, 1.807) is 17.4 Å². The van der Waals surface area contributed by atoms with E-state index in [1.165, 1.54) is 4.88 Å². The van der Waals surface area contributed by atoms with Gasteiger partial charge in [0.05, 0.1) is 0 Å². The Hall–Kier alpha value is -1.66. The zero-order valence-corrected chi connectivity index (χ0v) is 12.6. The highest BCUT2D eigenvalue weighted by atomic mass is 32.1. The number of ether oxygens (including phenoxy) is 1. The summed E-state index contributed by atoms with van der Waals surface area (Å²) in [7, 11) is 0. The van der Waals surface area contributed by atoms with Crippen LogP contribution in [0, 0.1) is 0 Å². The van der Waals surface area contributed by atoms with E-state index in [1.807, 2.05) is 6.92 Å². The molecule has 0 aromatic carbocycles. The van der Waals surface area contributed by atoms with E-state index in [9.17, 15) is 0 Å². The van der Waals surface area contributed by atoms with E-state index >= 15 is 0 Å². The van der Waals surface area contributed by atoms with E-state index in [0.29, 0.717) is 24.9 Å². The Morgan fingerprint density at radius 1 is 1.45 bits per heavy atom. The Balaban J connectivity index is 1.98. The van der Waals surface area contributed by atoms with Crippen molar-refractivity contribution in [1.82, 2.24) is 9.97 Å². The minimum atomic E-state index is 0.280. The predicted octanol–water partition coefficient (Wildman–Crippen LogP) is 2.70. The first kappa shape index (κ1) is 14.7. The van der Waals surface area contributed by atoms with E-state index < -0.39 is 0 Å². The summed E-state index contributed by atoms with van der Waals surface area (Å²) in [5.41, 5.74) is 5.80. The summed E-state index contributed by atoms with van der Waals surface area (Å²) < 4.78 is 5.31. The maximum Gasteiger partial charge on any atom is 0.158 e. The monoisotopic (exact) mass is 292 g/mol. The molecular formula is C14H20N4OS. The van der Waals surface area contributed by atoms with Crippen molar-refractivity contribution >= 4 is 23.0 Å². The fourth-order valence-corrected chi connectivity index (χ4v) is 2.72. The Labute approximate surface area is 123 Å². The van der Waals surface area contributed by atoms with Crippen molar-refractivity contribution in [1.29, 1.82) is 0 Å². The zero-order valence-electron chi connectivity index (χ0n) is 11.8. The summed E-state index contributed by atoms with van der Waals surface area (Å²) in [6.45, 7) is 5.08. The van der Waals surface area contributed by atoms with Crippen LogP contribution >= 0.6 is 11.3 Å². The molecular weight excluding hydrogens is 272 g/mol. The highest BCUT2D eigenvalue weighted by molar-refractivity contribution is 7.09. The maximum absolute atomic E-state index is 5.80. The van der Waals surface area contributed by atoms with Gasteiger partial charge in [0.15, 0.2) is 5.82 Å². The summed E-state index contributed by atoms with van der Waals surface area (Å²) in [6.07, 6.45) is 0.961. The lowest BCUT2D eigenvalue weighted by Crippen LogP contribution is -2.19. The van der Waals surface area contributed by atoms with Gasteiger partial charge in [-0.25, -0.2) is 9.97 Å². The third-order valence-corrected chi connectivity index (χ3v) is 3.61. The van der Waals surface area contributed by atoms with Crippen LogP contribution in [0.25, 0.3) is 0 Å². The second-order valence-corrected chi connectivity index (χ2v) is 5.59. The number of nitrogens with two attached hydrogens (primary N) is 1. The van der Waals surface area contributed by atoms with E-state index in [0.717, 1.165) is 12.2 Å². The average Bonchev–Trinajstić information content (AvgIpc) is 2.88. The first-order valence-electron chi connectivity index (χ1n) is 6.67. The number of nitrogen functional groups attached to an aromatic ring is 1. The van der Waals surface area contributed by atoms with Crippen molar-refractivity contribution < 1.29 is 4.74 Å². The molecule has 2 aromatic heterocycles. The highest BCUT2D eigenvalue weighted by Crippen LogP contribution is 2.15. The molecule has 2 heterocycles. The van der Waals surface area contributed by atoms with E-state index in [2.05, 4.69) is 39.7 Å². The number of aromatic nitrogens is 2. The lowest BCUT2D eigenvalue weighted by atomic mass is 10.2. The normalized spacial score (nSPS) is 12.3. The molecule has 0 aliphatic carbocycles. The molecule has 6 heteroatoms. The van der Waals surface area contributed by atoms with Gasteiger partial charge in [-0.15, -0.1) is 11.3 Å². The molecule has 3 N–H and O–H groups in total. The first-order chi connectivity index (χ1) is 9.67. The molecule has 0 radical (unpaired) electrons. The second-order valence-electron chi connectivity index (χ2n) is 4.56. The Morgan fingerprint density at radius 2 is 2.30 bits per heavy atom. The standard InChI is InChI=1S/C14H20N4OS/c1-3-19-9-14-17-12(15)8-13(18-14)16-10(2)7-11-5-4-6-20-11/h4-6,8,10H,3,7,9H2,1-2H3,(H3,15,16,17,18). The van der Waals surface area contributed by atoms with Crippen molar-refractivity contribution in [2.24, 2.45) is 0 Å². The lowest BCUT2D eigenvalue weighted by molar-refractivity contribution is 0.128. The van der Waals surface area contributed by atoms with Crippen LogP contribution in [0.5, 0.6) is 0 Å². The maximum atomic E-state index is 5.80. The summed E-state index contributed by atoms with van der Waals surface area (Å²) in [5, 5.41) is 5.45. The van der Waals surface area contributed by atoms with Crippen LogP contribution in [0.1, 0.15) is 24.5 Å². The van der Waals surface area contributed by atoms with Crippen molar-refractivity contribution in [3.63, 3.8) is 0 Å². The minimum absolute atomic E-state index is 0.280. The number of hydrogen-bond donors (Lipinski definition) is 2. The molecule has 0 bridgehead atoms. The number of nitrogens with one attached hydrogen (secondary N) is 1. The van der Waals surface area contributed by atoms with Gasteiger partial charge < -0.3 is 15.8 Å². The molecule has 5 nitrogen and oxygen atoms in total. The van der Waals surface area contributed by atoms with Crippen molar-refractivity contribution in [3.8, 4) is 0 Å². The summed E-state index contributed by atoms with van der Waals surface area (Å²) >= 11 is 1.76. The molecule has 108 valence electrons. The van der Waals surface area contributed by atoms with Crippen molar-refractivity contribution in [2.45, 2.75) is 32.9 Å². The van der Waals surface area contributed by atoms with Crippen LogP contribution < -0.4 is 11.1 Å². The summed E-state index contributed by atoms with van der Waals surface area (Å²) in [4.78, 5) is 9.92. The van der Waals surface area contributed by atoms with Gasteiger partial charge in [-0.1, -0.05) is 6.07 Å². The van der Waals surface area contributed by atoms with Crippen LogP contribution in [-0.2, 0) is 17.8 Å². The second kappa shape index (κ2) is 7.21. The Morgan fingerprint density at radius 3 is 3.00 bits per heavy atom. The first-order valence-corrected chi connectivity index (χ1v) is 7.55. The van der Waals surface area contributed by atoms with Gasteiger partial charge in [-0.2, -0.15) is 0 Å². The number of rotatable bonds is 7. The summed E-state index contributed by atoms with van der Waals surface area (Å²) in [6, 6.07) is 6.23. The van der Waals surface area contributed by atoms with E-state index in [4.69, 9.17) is 10.5 Å². The minimum Gasteiger partial charge on any atom is -0.384 e. The number of nitrogens with zero attached hydrogens (tertiary/aromatic N) is 2. The molecule has 0 fully saturated rings. The molecule has 2 rings (SSSR count). The fourth-order valence-electron chi connectivity index (χ4n) is 1.88. The number of thiophene rings is 1. The Bertz CT molecular complexity index is 530. The van der Waals surface area contributed by atoms with Crippen LogP contribution in [0.2, 0.25) is 0 Å². The molecule has 1 atom stereocenters. The molecule has 2 aromatic rings. The zero-order chi connectivity index (χ0) is 14.4. The average molecular weight is 292 g/mol. The summed E-state index contributed by atoms with van der Waals surface area (Å²) in [5.74, 6) is 1.81. The van der Waals surface area contributed by atoms with Crippen molar-refractivity contribution in [2.75, 3.05) is 17.7 Å². The largest absolute Gasteiger partial charge is 0.384 e. The number of hydrogen-bond acceptors (Lipinski definition) is 6. The van der Waals surface area contributed by atoms with Crippen LogP contribution in [0.3, 0.4) is 0 Å². The topological polar surface area (TPSA) is 73.1 Å². The number of anilines is 2. The highest BCUT2D eigenvalue weighted by Gasteiger charge is 2.08. The lowest BCUT2D eigenvalue weighted by Gasteiger charge is -2.14. The SMILES string of the molecule is CCOCc1nc(N)cc(NC(C)Cc2cccs2)n1. The van der Waals surface area contributed by atoms with E-state index in [-0.39, 0.29) is 6.04 Å². The third kappa shape index (κ3) is 4.47. The molecule has 0 amide bonds. The van der Waals surface area contributed by atoms with Gasteiger partial charge in [-0.05, 0) is 25.3 Å². The van der Waals surface area contributed by atoms with Crippen LogP contribution in [0.4, 0.5) is 11.6 Å². The molecule has 0 saturated carbocycles. The molecule has 0 aliphatic rings. The van der Waals surface area contributed by atoms with Gasteiger partial charge in [-0.3, -0.25) is 0 Å². The Kier molecular flexibility index (Phi) is 5.31. The van der Waals surface area contributed by atoms with Gasteiger partial charge in [0, 0.05) is 30.0 Å². The third-order valence-electron chi connectivity index (χ3n) is 2.71. The van der Waals surface area contributed by atoms with Crippen LogP contribution in [-0.4, -0.2) is 22.6 Å². The van der Waals surface area contributed by atoms with Gasteiger partial charge in [0.25, 0.3) is 0 Å². The predicted molar refractivity (Wildman–Crippen MR) is 82.9 cm³/mol. The van der Waals surface area contributed by atoms with Gasteiger partial charge >= 0.3 is 0 Å². The smallest absolute Gasteiger partial charge is 0.158 e. The van der Waals surface area contributed by atoms with Crippen LogP contribution in [0.15, 0.2) is 23.6 Å². The van der Waals surface area contributed by atoms with Crippen molar-refractivity contribution in [3.05, 3.63) is 34.3 Å². The fraction of sp³-hybridized carbons (Fsp3) is 0.429. The molecule has 20 heavy (non-hydrogen) atoms. The molecule has 1 unspecified atom stereocenters.